The molecule has 0 saturated heterocycles. The number of carbonyl (C=O) groups is 2. The molecule has 0 fully saturated rings. The van der Waals surface area contributed by atoms with E-state index in [2.05, 4.69) is 20.6 Å². The summed E-state index contributed by atoms with van der Waals surface area (Å²) in [4.78, 5) is 36.2. The number of benzene rings is 2. The highest BCUT2D eigenvalue weighted by molar-refractivity contribution is 7.91. The quantitative estimate of drug-likeness (QED) is 0.222. The first kappa shape index (κ1) is 33.7. The minimum Gasteiger partial charge on any atom is -0.480 e. The minimum absolute atomic E-state index is 0.00767. The Kier molecular flexibility index (Phi) is 11.8. The summed E-state index contributed by atoms with van der Waals surface area (Å²) in [6.45, 7) is 5.10. The molecule has 232 valence electrons. The van der Waals surface area contributed by atoms with Gasteiger partial charge in [-0.05, 0) is 49.7 Å². The number of anilines is 3. The van der Waals surface area contributed by atoms with Crippen LogP contribution in [0.2, 0.25) is 10.0 Å². The molecule has 1 heterocycles. The number of nitrogens with one attached hydrogen (secondary N) is 2. The van der Waals surface area contributed by atoms with Gasteiger partial charge in [-0.1, -0.05) is 35.3 Å². The van der Waals surface area contributed by atoms with Crippen LogP contribution >= 0.6 is 23.2 Å². The topological polar surface area (TPSA) is 154 Å². The maximum absolute atomic E-state index is 12.9. The van der Waals surface area contributed by atoms with Crippen LogP contribution < -0.4 is 20.3 Å². The van der Waals surface area contributed by atoms with Crippen LogP contribution in [0.3, 0.4) is 0 Å². The fourth-order valence-electron chi connectivity index (χ4n) is 3.90. The number of hydrogen-bond acceptors (Lipinski definition) is 10. The highest BCUT2D eigenvalue weighted by Gasteiger charge is 2.22. The van der Waals surface area contributed by atoms with Gasteiger partial charge in [-0.25, -0.2) is 23.0 Å². The maximum atomic E-state index is 12.9. The highest BCUT2D eigenvalue weighted by Crippen LogP contribution is 2.25. The van der Waals surface area contributed by atoms with Crippen LogP contribution in [0.25, 0.3) is 0 Å². The first-order valence-electron chi connectivity index (χ1n) is 13.3. The van der Waals surface area contributed by atoms with E-state index in [1.807, 2.05) is 18.7 Å². The molecule has 15 heteroatoms. The zero-order valence-corrected chi connectivity index (χ0v) is 26.5. The number of aromatic nitrogens is 2. The largest absolute Gasteiger partial charge is 0.480 e. The molecule has 0 bridgehead atoms. The number of sulfone groups is 1. The monoisotopic (exact) mass is 652 g/mol. The van der Waals surface area contributed by atoms with E-state index >= 15 is 0 Å². The number of aliphatic carboxylic acids is 1. The average molecular weight is 654 g/mol. The molecule has 43 heavy (non-hydrogen) atoms. The Hall–Kier alpha value is -3.81. The fourth-order valence-corrected chi connectivity index (χ4v) is 5.78. The van der Waals surface area contributed by atoms with Crippen LogP contribution in [0.15, 0.2) is 53.6 Å². The molecule has 0 spiro atoms. The second kappa shape index (κ2) is 15.1. The lowest BCUT2D eigenvalue weighted by Crippen LogP contribution is -2.33. The third-order valence-corrected chi connectivity index (χ3v) is 8.38. The van der Waals surface area contributed by atoms with Crippen LogP contribution in [0.4, 0.5) is 22.2 Å². The number of carboxylic acid groups (broad SMARTS) is 1. The van der Waals surface area contributed by atoms with Gasteiger partial charge in [-0.2, -0.15) is 4.98 Å². The van der Waals surface area contributed by atoms with Gasteiger partial charge in [0.15, 0.2) is 15.7 Å². The van der Waals surface area contributed by atoms with Crippen molar-refractivity contribution in [2.75, 3.05) is 55.0 Å². The summed E-state index contributed by atoms with van der Waals surface area (Å²) in [5, 5.41) is 16.4. The molecular formula is C28H34Cl2N6O6S. The van der Waals surface area contributed by atoms with Gasteiger partial charge >= 0.3 is 12.1 Å². The molecule has 1 amide bonds. The van der Waals surface area contributed by atoms with Gasteiger partial charge in [0.05, 0.1) is 22.5 Å². The van der Waals surface area contributed by atoms with Crippen molar-refractivity contribution in [1.29, 1.82) is 0 Å². The number of carbonyl (C=O) groups excluding carboxylic acids is 1. The van der Waals surface area contributed by atoms with Crippen LogP contribution in [-0.2, 0) is 21.1 Å². The van der Waals surface area contributed by atoms with Gasteiger partial charge in [0, 0.05) is 50.2 Å². The van der Waals surface area contributed by atoms with E-state index in [1.54, 1.807) is 38.4 Å². The number of hydrogen-bond donors (Lipinski definition) is 3. The molecule has 3 aromatic rings. The summed E-state index contributed by atoms with van der Waals surface area (Å²) in [7, 11) is -0.609. The number of ether oxygens (including phenoxy) is 1. The Labute approximate surface area is 260 Å². The number of amides is 1. The Morgan fingerprint density at radius 3 is 2.23 bits per heavy atom. The van der Waals surface area contributed by atoms with E-state index in [0.29, 0.717) is 36.0 Å². The maximum Gasteiger partial charge on any atom is 0.414 e. The molecular weight excluding hydrogens is 619 g/mol. The van der Waals surface area contributed by atoms with E-state index in [-0.39, 0.29) is 39.5 Å². The summed E-state index contributed by atoms with van der Waals surface area (Å²) in [5.74, 6) is -0.519. The summed E-state index contributed by atoms with van der Waals surface area (Å²) in [5.41, 5.74) is 0.996. The number of rotatable bonds is 14. The molecule has 1 unspecified atom stereocenters. The molecule has 0 aliphatic heterocycles. The van der Waals surface area contributed by atoms with Gasteiger partial charge in [0.2, 0.25) is 5.95 Å². The van der Waals surface area contributed by atoms with Crippen molar-refractivity contribution in [3.63, 3.8) is 0 Å². The Bertz CT molecular complexity index is 1510. The molecule has 0 saturated carbocycles. The summed E-state index contributed by atoms with van der Waals surface area (Å²) < 4.78 is 31.0. The van der Waals surface area contributed by atoms with Crippen LogP contribution in [0, 0.1) is 0 Å². The van der Waals surface area contributed by atoms with Crippen LogP contribution in [0.5, 0.6) is 5.75 Å². The van der Waals surface area contributed by atoms with E-state index in [0.717, 1.165) is 0 Å². The fraction of sp³-hybridized carbons (Fsp3) is 0.357. The second-order valence-corrected chi connectivity index (χ2v) is 12.6. The summed E-state index contributed by atoms with van der Waals surface area (Å²) in [6.07, 6.45) is 1.03. The minimum atomic E-state index is -3.74. The number of carboxylic acids is 1. The molecule has 3 rings (SSSR count). The molecule has 1 atom stereocenters. The van der Waals surface area contributed by atoms with E-state index in [1.165, 1.54) is 29.3 Å². The first-order valence-corrected chi connectivity index (χ1v) is 15.8. The van der Waals surface area contributed by atoms with Crippen molar-refractivity contribution < 1.29 is 27.9 Å². The first-order chi connectivity index (χ1) is 20.3. The highest BCUT2D eigenvalue weighted by atomic mass is 35.5. The molecule has 0 radical (unpaired) electrons. The summed E-state index contributed by atoms with van der Waals surface area (Å²) >= 11 is 12.0. The number of halogens is 2. The van der Waals surface area contributed by atoms with Crippen molar-refractivity contribution in [2.45, 2.75) is 31.2 Å². The number of nitrogens with zero attached hydrogens (tertiary/aromatic N) is 4. The lowest BCUT2D eigenvalue weighted by Gasteiger charge is -2.22. The Balaban J connectivity index is 1.81. The predicted molar refractivity (Wildman–Crippen MR) is 168 cm³/mol. The van der Waals surface area contributed by atoms with Gasteiger partial charge in [-0.3, -0.25) is 0 Å². The van der Waals surface area contributed by atoms with Gasteiger partial charge < -0.3 is 30.3 Å². The third kappa shape index (κ3) is 9.60. The van der Waals surface area contributed by atoms with Crippen LogP contribution in [-0.4, -0.2) is 86.0 Å². The van der Waals surface area contributed by atoms with Gasteiger partial charge in [0.25, 0.3) is 0 Å². The van der Waals surface area contributed by atoms with Crippen LogP contribution in [0.1, 0.15) is 19.4 Å². The smallest absolute Gasteiger partial charge is 0.414 e. The second-order valence-electron chi connectivity index (χ2n) is 9.60. The zero-order valence-electron chi connectivity index (χ0n) is 24.2. The predicted octanol–water partition coefficient (Wildman–Crippen LogP) is 4.68. The Morgan fingerprint density at radius 1 is 1.05 bits per heavy atom. The third-order valence-electron chi connectivity index (χ3n) is 6.25. The molecule has 1 aromatic heterocycles. The van der Waals surface area contributed by atoms with Crippen molar-refractivity contribution in [3.05, 3.63) is 64.3 Å². The lowest BCUT2D eigenvalue weighted by molar-refractivity contribution is -0.137. The standard InChI is InChI=1S/C28H34Cl2N6O6S/c1-5-36(6-2)27-32-17-24(31-11-12-43(40,41)22-15-19(29)14-20(30)16-22)25(34-27)33-23(26(37)38)13-18-7-9-21(10-8-18)42-28(39)35(3)4/h7-10,14-17,23,31H,5-6,11-13H2,1-4H3,(H,37,38)(H,32,33,34). The van der Waals surface area contributed by atoms with Crippen molar-refractivity contribution >= 4 is 62.6 Å². The van der Waals surface area contributed by atoms with Crippen molar-refractivity contribution in [1.82, 2.24) is 14.9 Å². The van der Waals surface area contributed by atoms with Gasteiger partial charge in [0.1, 0.15) is 11.8 Å². The van der Waals surface area contributed by atoms with E-state index in [9.17, 15) is 23.1 Å². The molecule has 0 aliphatic carbocycles. The zero-order chi connectivity index (χ0) is 31.7. The molecule has 0 aliphatic rings. The van der Waals surface area contributed by atoms with Gasteiger partial charge in [-0.15, -0.1) is 0 Å². The molecule has 12 nitrogen and oxygen atoms in total. The normalized spacial score (nSPS) is 11.9. The average Bonchev–Trinajstić information content (AvgIpc) is 2.94. The summed E-state index contributed by atoms with van der Waals surface area (Å²) in [6, 6.07) is 9.50. The SMILES string of the molecule is CCN(CC)c1ncc(NCCS(=O)(=O)c2cc(Cl)cc(Cl)c2)c(NC(Cc2ccc(OC(=O)N(C)C)cc2)C(=O)O)n1. The lowest BCUT2D eigenvalue weighted by atomic mass is 10.1. The Morgan fingerprint density at radius 2 is 1.67 bits per heavy atom. The van der Waals surface area contributed by atoms with E-state index in [4.69, 9.17) is 27.9 Å². The van der Waals surface area contributed by atoms with E-state index < -0.39 is 27.9 Å². The molecule has 2 aromatic carbocycles. The van der Waals surface area contributed by atoms with Crippen molar-refractivity contribution in [3.8, 4) is 5.75 Å². The van der Waals surface area contributed by atoms with Crippen molar-refractivity contribution in [2.24, 2.45) is 0 Å². The molecule has 3 N–H and O–H groups in total.